The average molecular weight is 295 g/mol. The quantitative estimate of drug-likeness (QED) is 0.315. The molecule has 1 aromatic rings. The van der Waals surface area contributed by atoms with Crippen molar-refractivity contribution >= 4 is 23.0 Å². The summed E-state index contributed by atoms with van der Waals surface area (Å²) in [5, 5.41) is 17.0. The third kappa shape index (κ3) is 6.11. The predicted octanol–water partition coefficient (Wildman–Crippen LogP) is 2.78. The van der Waals surface area contributed by atoms with Crippen LogP contribution in [0.1, 0.15) is 26.7 Å². The number of nitro benzene ring substituents is 1. The average Bonchev–Trinajstić information content (AvgIpc) is 2.44. The molecule has 0 amide bonds. The van der Waals surface area contributed by atoms with Crippen LogP contribution < -0.4 is 10.6 Å². The molecule has 0 fully saturated rings. The van der Waals surface area contributed by atoms with Crippen molar-refractivity contribution in [3.63, 3.8) is 0 Å². The number of ether oxygens (including phenoxy) is 1. The summed E-state index contributed by atoms with van der Waals surface area (Å²) in [5.74, 6) is -0.230. The Morgan fingerprint density at radius 1 is 1.24 bits per heavy atom. The van der Waals surface area contributed by atoms with E-state index in [9.17, 15) is 14.9 Å². The second-order valence-corrected chi connectivity index (χ2v) is 4.39. The van der Waals surface area contributed by atoms with E-state index in [0.717, 1.165) is 0 Å². The Bertz CT molecular complexity index is 491. The third-order valence-corrected chi connectivity index (χ3v) is 2.70. The fourth-order valence-electron chi connectivity index (χ4n) is 1.82. The zero-order valence-corrected chi connectivity index (χ0v) is 12.3. The summed E-state index contributed by atoms with van der Waals surface area (Å²) >= 11 is 0. The number of carbonyl (C=O) groups is 1. The molecule has 7 nitrogen and oxygen atoms in total. The van der Waals surface area contributed by atoms with Crippen LogP contribution in [0.3, 0.4) is 0 Å². The highest BCUT2D eigenvalue weighted by atomic mass is 16.6. The summed E-state index contributed by atoms with van der Waals surface area (Å²) in [6.45, 7) is 5.30. The topological polar surface area (TPSA) is 93.5 Å². The van der Waals surface area contributed by atoms with Crippen LogP contribution in [0.5, 0.6) is 0 Å². The van der Waals surface area contributed by atoms with Crippen LogP contribution in [-0.2, 0) is 9.53 Å². The lowest BCUT2D eigenvalue weighted by Crippen LogP contribution is -2.08. The number of carbonyl (C=O) groups excluding carboxylic acids is 1. The van der Waals surface area contributed by atoms with Crippen molar-refractivity contribution in [2.75, 3.05) is 30.3 Å². The number of rotatable bonds is 9. The van der Waals surface area contributed by atoms with Gasteiger partial charge in [-0.2, -0.15) is 0 Å². The van der Waals surface area contributed by atoms with E-state index < -0.39 is 4.92 Å². The van der Waals surface area contributed by atoms with Crippen molar-refractivity contribution in [1.82, 2.24) is 0 Å². The summed E-state index contributed by atoms with van der Waals surface area (Å²) in [7, 11) is 0. The molecular formula is C14H21N3O4. The molecule has 2 N–H and O–H groups in total. The van der Waals surface area contributed by atoms with E-state index in [4.69, 9.17) is 4.74 Å². The zero-order chi connectivity index (χ0) is 15.7. The van der Waals surface area contributed by atoms with E-state index in [-0.39, 0.29) is 11.7 Å². The van der Waals surface area contributed by atoms with Crippen molar-refractivity contribution in [1.29, 1.82) is 0 Å². The van der Waals surface area contributed by atoms with Crippen molar-refractivity contribution in [2.24, 2.45) is 0 Å². The summed E-state index contributed by atoms with van der Waals surface area (Å²) in [6.07, 6.45) is 0.938. The Labute approximate surface area is 123 Å². The first kappa shape index (κ1) is 16.7. The highest BCUT2D eigenvalue weighted by molar-refractivity contribution is 5.69. The first-order valence-electron chi connectivity index (χ1n) is 6.99. The van der Waals surface area contributed by atoms with E-state index in [1.54, 1.807) is 13.0 Å². The number of hydrogen-bond donors (Lipinski definition) is 2. The van der Waals surface area contributed by atoms with Gasteiger partial charge in [0.2, 0.25) is 0 Å². The lowest BCUT2D eigenvalue weighted by Gasteiger charge is -2.09. The van der Waals surface area contributed by atoms with Crippen LogP contribution in [0.2, 0.25) is 0 Å². The number of nitrogens with zero attached hydrogens (tertiary/aromatic N) is 1. The number of hydrogen-bond acceptors (Lipinski definition) is 6. The van der Waals surface area contributed by atoms with Gasteiger partial charge in [0, 0.05) is 43.0 Å². The SMILES string of the molecule is CCNc1cc(NCCCC(=O)OCC)cc([N+](=O)[O-])c1. The number of esters is 1. The molecule has 0 saturated carbocycles. The minimum absolute atomic E-state index is 0.0290. The maximum absolute atomic E-state index is 11.2. The van der Waals surface area contributed by atoms with Crippen LogP contribution in [0.25, 0.3) is 0 Å². The monoisotopic (exact) mass is 295 g/mol. The normalized spacial score (nSPS) is 10.0. The van der Waals surface area contributed by atoms with Gasteiger partial charge >= 0.3 is 5.97 Å². The van der Waals surface area contributed by atoms with E-state index in [0.29, 0.717) is 43.9 Å². The standard InChI is InChI=1S/C14H21N3O4/c1-3-15-11-8-12(10-13(9-11)17(19)20)16-7-5-6-14(18)21-4-2/h8-10,15-16H,3-7H2,1-2H3. The first-order valence-corrected chi connectivity index (χ1v) is 6.99. The molecule has 0 aliphatic rings. The van der Waals surface area contributed by atoms with Gasteiger partial charge in [0.1, 0.15) is 0 Å². The molecule has 0 aliphatic carbocycles. The lowest BCUT2D eigenvalue weighted by atomic mass is 10.2. The molecule has 0 saturated heterocycles. The Hall–Kier alpha value is -2.31. The van der Waals surface area contributed by atoms with Crippen LogP contribution >= 0.6 is 0 Å². The fourth-order valence-corrected chi connectivity index (χ4v) is 1.82. The molecule has 0 aliphatic heterocycles. The minimum Gasteiger partial charge on any atom is -0.466 e. The van der Waals surface area contributed by atoms with Crippen LogP contribution in [0, 0.1) is 10.1 Å². The summed E-state index contributed by atoms with van der Waals surface area (Å²) in [6, 6.07) is 4.78. The Morgan fingerprint density at radius 2 is 1.90 bits per heavy atom. The smallest absolute Gasteiger partial charge is 0.305 e. The van der Waals surface area contributed by atoms with Gasteiger partial charge in [-0.25, -0.2) is 0 Å². The molecule has 0 spiro atoms. The van der Waals surface area contributed by atoms with E-state index >= 15 is 0 Å². The number of benzene rings is 1. The highest BCUT2D eigenvalue weighted by Gasteiger charge is 2.09. The van der Waals surface area contributed by atoms with Crippen LogP contribution in [0.15, 0.2) is 18.2 Å². The van der Waals surface area contributed by atoms with Crippen molar-refractivity contribution in [2.45, 2.75) is 26.7 Å². The Kier molecular flexibility index (Phi) is 7.00. The third-order valence-electron chi connectivity index (χ3n) is 2.70. The Morgan fingerprint density at radius 3 is 2.48 bits per heavy atom. The number of non-ortho nitro benzene ring substituents is 1. The molecule has 0 radical (unpaired) electrons. The summed E-state index contributed by atoms with van der Waals surface area (Å²) in [4.78, 5) is 21.7. The predicted molar refractivity (Wildman–Crippen MR) is 81.6 cm³/mol. The fraction of sp³-hybridized carbons (Fsp3) is 0.500. The molecule has 7 heteroatoms. The molecular weight excluding hydrogens is 274 g/mol. The molecule has 21 heavy (non-hydrogen) atoms. The molecule has 0 unspecified atom stereocenters. The number of anilines is 2. The summed E-state index contributed by atoms with van der Waals surface area (Å²) < 4.78 is 4.83. The van der Waals surface area contributed by atoms with E-state index in [1.807, 2.05) is 6.92 Å². The second kappa shape index (κ2) is 8.78. The first-order chi connectivity index (χ1) is 10.1. The van der Waals surface area contributed by atoms with Crippen LogP contribution in [-0.4, -0.2) is 30.6 Å². The van der Waals surface area contributed by atoms with Gasteiger partial charge in [-0.05, 0) is 26.3 Å². The molecule has 1 aromatic carbocycles. The van der Waals surface area contributed by atoms with E-state index in [2.05, 4.69) is 10.6 Å². The largest absolute Gasteiger partial charge is 0.466 e. The maximum Gasteiger partial charge on any atom is 0.305 e. The lowest BCUT2D eigenvalue weighted by molar-refractivity contribution is -0.384. The summed E-state index contributed by atoms with van der Waals surface area (Å²) in [5.41, 5.74) is 1.38. The molecule has 0 heterocycles. The van der Waals surface area contributed by atoms with Crippen molar-refractivity contribution < 1.29 is 14.5 Å². The highest BCUT2D eigenvalue weighted by Crippen LogP contribution is 2.24. The van der Waals surface area contributed by atoms with E-state index in [1.165, 1.54) is 12.1 Å². The van der Waals surface area contributed by atoms with Gasteiger partial charge in [-0.3, -0.25) is 14.9 Å². The number of nitrogens with one attached hydrogen (secondary N) is 2. The van der Waals surface area contributed by atoms with Gasteiger partial charge in [0.25, 0.3) is 5.69 Å². The molecule has 0 bridgehead atoms. The van der Waals surface area contributed by atoms with Gasteiger partial charge in [0.05, 0.1) is 11.5 Å². The Balaban J connectivity index is 2.57. The molecule has 1 rings (SSSR count). The minimum atomic E-state index is -0.426. The van der Waals surface area contributed by atoms with Gasteiger partial charge < -0.3 is 15.4 Å². The van der Waals surface area contributed by atoms with Crippen molar-refractivity contribution in [3.05, 3.63) is 28.3 Å². The molecule has 0 atom stereocenters. The number of nitro groups is 1. The van der Waals surface area contributed by atoms with Gasteiger partial charge in [-0.1, -0.05) is 0 Å². The van der Waals surface area contributed by atoms with Crippen molar-refractivity contribution in [3.8, 4) is 0 Å². The van der Waals surface area contributed by atoms with Crippen LogP contribution in [0.4, 0.5) is 17.1 Å². The second-order valence-electron chi connectivity index (χ2n) is 4.39. The van der Waals surface area contributed by atoms with Gasteiger partial charge in [0.15, 0.2) is 0 Å². The maximum atomic E-state index is 11.2. The molecule has 0 aromatic heterocycles. The molecule has 116 valence electrons. The zero-order valence-electron chi connectivity index (χ0n) is 12.3. The van der Waals surface area contributed by atoms with Gasteiger partial charge in [-0.15, -0.1) is 0 Å².